The summed E-state index contributed by atoms with van der Waals surface area (Å²) in [7, 11) is 0. The summed E-state index contributed by atoms with van der Waals surface area (Å²) in [4.78, 5) is 13.1. The molecule has 0 aliphatic rings. The van der Waals surface area contributed by atoms with E-state index in [1.165, 1.54) is 6.21 Å². The highest BCUT2D eigenvalue weighted by atomic mass is 35.5. The van der Waals surface area contributed by atoms with Crippen LogP contribution in [-0.4, -0.2) is 17.2 Å². The zero-order chi connectivity index (χ0) is 25.5. The molecule has 0 radical (unpaired) electrons. The maximum Gasteiger partial charge on any atom is 0.281 e. The fourth-order valence-electron chi connectivity index (χ4n) is 3.67. The Bertz CT molecular complexity index is 1300. The summed E-state index contributed by atoms with van der Waals surface area (Å²) in [5.74, 6) is -0.339. The minimum absolute atomic E-state index is 0.312. The van der Waals surface area contributed by atoms with Crippen LogP contribution in [0, 0.1) is 6.92 Å². The first kappa shape index (κ1) is 25.5. The van der Waals surface area contributed by atoms with Crippen molar-refractivity contribution in [1.29, 1.82) is 0 Å². The number of carbonyl (C=O) groups excluding carboxylic acids is 1. The van der Waals surface area contributed by atoms with Gasteiger partial charge in [-0.2, -0.15) is 5.10 Å². The van der Waals surface area contributed by atoms with E-state index in [0.717, 1.165) is 11.1 Å². The standard InChI is InChI=1S/C29H24Cl2N2O3/c1-20-12-14-21(15-13-20)19-36-27-25(30)16-22(17-26(27)31)18-32-33-28(34)29(35,23-8-4-2-5-9-23)24-10-6-3-7-11-24/h2-18,35H,19H2,1H3,(H,33,34)/b32-18+. The fraction of sp³-hybridized carbons (Fsp3) is 0.103. The summed E-state index contributed by atoms with van der Waals surface area (Å²) in [6, 6.07) is 28.6. The van der Waals surface area contributed by atoms with Crippen LogP contribution in [0.15, 0.2) is 102 Å². The summed E-state index contributed by atoms with van der Waals surface area (Å²) in [5, 5.41) is 16.1. The SMILES string of the molecule is Cc1ccc(COc2c(Cl)cc(/C=N/NC(=O)C(O)(c3ccccc3)c3ccccc3)cc2Cl)cc1. The number of aliphatic hydroxyl groups is 1. The third-order valence-corrected chi connectivity index (χ3v) is 6.18. The predicted molar refractivity (Wildman–Crippen MR) is 144 cm³/mol. The lowest BCUT2D eigenvalue weighted by Crippen LogP contribution is -2.43. The number of benzene rings is 4. The molecule has 0 bridgehead atoms. The average molecular weight is 519 g/mol. The molecule has 0 aliphatic carbocycles. The van der Waals surface area contributed by atoms with E-state index in [-0.39, 0.29) is 0 Å². The maximum absolute atomic E-state index is 13.1. The number of amides is 1. The van der Waals surface area contributed by atoms with Crippen molar-refractivity contribution < 1.29 is 14.6 Å². The van der Waals surface area contributed by atoms with Crippen molar-refractivity contribution in [3.05, 3.63) is 135 Å². The Morgan fingerprint density at radius 1 is 0.917 bits per heavy atom. The molecule has 36 heavy (non-hydrogen) atoms. The van der Waals surface area contributed by atoms with Gasteiger partial charge >= 0.3 is 0 Å². The fourth-order valence-corrected chi connectivity index (χ4v) is 4.28. The molecule has 0 saturated carbocycles. The first-order valence-corrected chi connectivity index (χ1v) is 12.0. The topological polar surface area (TPSA) is 70.9 Å². The van der Waals surface area contributed by atoms with Crippen LogP contribution in [0.3, 0.4) is 0 Å². The van der Waals surface area contributed by atoms with E-state index in [2.05, 4.69) is 10.5 Å². The van der Waals surface area contributed by atoms with Crippen molar-refractivity contribution in [3.63, 3.8) is 0 Å². The van der Waals surface area contributed by atoms with Gasteiger partial charge in [-0.05, 0) is 41.3 Å². The molecule has 0 unspecified atom stereocenters. The number of nitrogens with one attached hydrogen (secondary N) is 1. The second kappa shape index (κ2) is 11.4. The Morgan fingerprint density at radius 2 is 1.44 bits per heavy atom. The van der Waals surface area contributed by atoms with Gasteiger partial charge in [0.15, 0.2) is 11.4 Å². The number of aryl methyl sites for hydroxylation is 1. The molecule has 4 aromatic carbocycles. The van der Waals surface area contributed by atoms with Crippen molar-refractivity contribution in [2.24, 2.45) is 5.10 Å². The molecular weight excluding hydrogens is 495 g/mol. The van der Waals surface area contributed by atoms with Gasteiger partial charge in [0.2, 0.25) is 0 Å². The third-order valence-electron chi connectivity index (χ3n) is 5.62. The summed E-state index contributed by atoms with van der Waals surface area (Å²) >= 11 is 12.8. The number of hydrazone groups is 1. The van der Waals surface area contributed by atoms with Gasteiger partial charge in [-0.1, -0.05) is 114 Å². The number of halogens is 2. The molecule has 182 valence electrons. The van der Waals surface area contributed by atoms with Crippen LogP contribution >= 0.6 is 23.2 Å². The Labute approximate surface area is 220 Å². The zero-order valence-corrected chi connectivity index (χ0v) is 21.0. The van der Waals surface area contributed by atoms with Crippen LogP contribution in [0.5, 0.6) is 5.75 Å². The number of nitrogens with zero attached hydrogens (tertiary/aromatic N) is 1. The summed E-state index contributed by atoms with van der Waals surface area (Å²) < 4.78 is 5.82. The molecule has 0 fully saturated rings. The van der Waals surface area contributed by atoms with E-state index < -0.39 is 11.5 Å². The van der Waals surface area contributed by atoms with Crippen molar-refractivity contribution in [1.82, 2.24) is 5.43 Å². The second-order valence-corrected chi connectivity index (χ2v) is 9.04. The van der Waals surface area contributed by atoms with E-state index in [0.29, 0.717) is 39.1 Å². The molecule has 0 heterocycles. The Balaban J connectivity index is 1.49. The van der Waals surface area contributed by atoms with Gasteiger partial charge in [0, 0.05) is 0 Å². The molecule has 0 atom stereocenters. The van der Waals surface area contributed by atoms with Crippen LogP contribution in [0.1, 0.15) is 27.8 Å². The number of carbonyl (C=O) groups is 1. The molecule has 0 spiro atoms. The predicted octanol–water partition coefficient (Wildman–Crippen LogP) is 6.27. The van der Waals surface area contributed by atoms with E-state index in [4.69, 9.17) is 27.9 Å². The van der Waals surface area contributed by atoms with Gasteiger partial charge in [-0.15, -0.1) is 0 Å². The van der Waals surface area contributed by atoms with Crippen LogP contribution < -0.4 is 10.2 Å². The molecule has 1 amide bonds. The molecule has 0 aliphatic heterocycles. The molecule has 4 rings (SSSR count). The Kier molecular flexibility index (Phi) is 8.06. The van der Waals surface area contributed by atoms with Gasteiger partial charge in [-0.25, -0.2) is 5.43 Å². The quantitative estimate of drug-likeness (QED) is 0.213. The first-order valence-electron chi connectivity index (χ1n) is 11.2. The van der Waals surface area contributed by atoms with Gasteiger partial charge in [-0.3, -0.25) is 4.79 Å². The summed E-state index contributed by atoms with van der Waals surface area (Å²) in [5.41, 5.74) is 4.06. The smallest absolute Gasteiger partial charge is 0.281 e. The van der Waals surface area contributed by atoms with Crippen molar-refractivity contribution in [2.45, 2.75) is 19.1 Å². The van der Waals surface area contributed by atoms with Gasteiger partial charge in [0.1, 0.15) is 6.61 Å². The number of hydrogen-bond acceptors (Lipinski definition) is 4. The van der Waals surface area contributed by atoms with Gasteiger partial charge in [0.25, 0.3) is 5.91 Å². The summed E-state index contributed by atoms with van der Waals surface area (Å²) in [6.07, 6.45) is 1.40. The van der Waals surface area contributed by atoms with Gasteiger partial charge < -0.3 is 9.84 Å². The highest BCUT2D eigenvalue weighted by molar-refractivity contribution is 6.37. The van der Waals surface area contributed by atoms with Crippen molar-refractivity contribution in [3.8, 4) is 5.75 Å². The number of hydrogen-bond donors (Lipinski definition) is 2. The first-order chi connectivity index (χ1) is 17.4. The highest BCUT2D eigenvalue weighted by Crippen LogP contribution is 2.34. The molecule has 0 aromatic heterocycles. The molecule has 5 nitrogen and oxygen atoms in total. The Hall–Kier alpha value is -3.64. The highest BCUT2D eigenvalue weighted by Gasteiger charge is 2.39. The molecule has 0 saturated heterocycles. The molecule has 4 aromatic rings. The van der Waals surface area contributed by atoms with Crippen LogP contribution in [0.4, 0.5) is 0 Å². The van der Waals surface area contributed by atoms with Crippen LogP contribution in [-0.2, 0) is 17.0 Å². The minimum Gasteiger partial charge on any atom is -0.486 e. The lowest BCUT2D eigenvalue weighted by molar-refractivity contribution is -0.136. The van der Waals surface area contributed by atoms with E-state index in [1.54, 1.807) is 60.7 Å². The third kappa shape index (κ3) is 5.77. The van der Waals surface area contributed by atoms with Crippen LogP contribution in [0.25, 0.3) is 0 Å². The largest absolute Gasteiger partial charge is 0.486 e. The second-order valence-electron chi connectivity index (χ2n) is 8.23. The van der Waals surface area contributed by atoms with Crippen molar-refractivity contribution in [2.75, 3.05) is 0 Å². The Morgan fingerprint density at radius 3 is 1.97 bits per heavy atom. The average Bonchev–Trinajstić information content (AvgIpc) is 2.89. The number of rotatable bonds is 8. The van der Waals surface area contributed by atoms with Crippen molar-refractivity contribution >= 4 is 35.3 Å². The number of ether oxygens (including phenoxy) is 1. The molecular formula is C29H24Cl2N2O3. The van der Waals surface area contributed by atoms with E-state index in [9.17, 15) is 9.90 Å². The lowest BCUT2D eigenvalue weighted by Gasteiger charge is -2.27. The van der Waals surface area contributed by atoms with Crippen LogP contribution in [0.2, 0.25) is 10.0 Å². The maximum atomic E-state index is 13.1. The lowest BCUT2D eigenvalue weighted by atomic mass is 9.85. The monoisotopic (exact) mass is 518 g/mol. The minimum atomic E-state index is -1.93. The van der Waals surface area contributed by atoms with E-state index >= 15 is 0 Å². The normalized spacial score (nSPS) is 11.4. The summed E-state index contributed by atoms with van der Waals surface area (Å²) in [6.45, 7) is 2.34. The molecule has 2 N–H and O–H groups in total. The molecule has 7 heteroatoms. The zero-order valence-electron chi connectivity index (χ0n) is 19.5. The van der Waals surface area contributed by atoms with Gasteiger partial charge in [0.05, 0.1) is 16.3 Å². The van der Waals surface area contributed by atoms with E-state index in [1.807, 2.05) is 43.3 Å².